The fourth-order valence-corrected chi connectivity index (χ4v) is 2.75. The largest absolute Gasteiger partial charge is 0.493 e. The number of allylic oxidation sites excluding steroid dienone is 1. The molecule has 0 aromatic heterocycles. The van der Waals surface area contributed by atoms with E-state index in [0.29, 0.717) is 28.6 Å². The van der Waals surface area contributed by atoms with Gasteiger partial charge in [-0.2, -0.15) is 0 Å². The average molecular weight is 384 g/mol. The summed E-state index contributed by atoms with van der Waals surface area (Å²) >= 11 is 0. The summed E-state index contributed by atoms with van der Waals surface area (Å²) in [5, 5.41) is 0. The van der Waals surface area contributed by atoms with Gasteiger partial charge in [0.25, 0.3) is 0 Å². The first kappa shape index (κ1) is 19.3. The summed E-state index contributed by atoms with van der Waals surface area (Å²) in [6, 6.07) is 10.1. The third kappa shape index (κ3) is 3.78. The van der Waals surface area contributed by atoms with Crippen molar-refractivity contribution in [2.24, 2.45) is 0 Å². The summed E-state index contributed by atoms with van der Waals surface area (Å²) in [4.78, 5) is 24.1. The van der Waals surface area contributed by atoms with Crippen molar-refractivity contribution in [1.29, 1.82) is 0 Å². The number of Topliss-reactive ketones (excluding diaryl/α,β-unsaturated/α-hetero) is 1. The van der Waals surface area contributed by atoms with Gasteiger partial charge in [-0.05, 0) is 42.8 Å². The Morgan fingerprint density at radius 3 is 2.46 bits per heavy atom. The zero-order valence-corrected chi connectivity index (χ0v) is 16.0. The molecule has 0 radical (unpaired) electrons. The van der Waals surface area contributed by atoms with E-state index in [0.717, 1.165) is 5.56 Å². The van der Waals surface area contributed by atoms with Gasteiger partial charge >= 0.3 is 5.97 Å². The van der Waals surface area contributed by atoms with Crippen LogP contribution in [0.15, 0.2) is 42.2 Å². The predicted molar refractivity (Wildman–Crippen MR) is 101 cm³/mol. The lowest BCUT2D eigenvalue weighted by atomic mass is 10.1. The van der Waals surface area contributed by atoms with Gasteiger partial charge < -0.3 is 23.7 Å². The fraction of sp³-hybridized carbons (Fsp3) is 0.238. The molecule has 1 heterocycles. The van der Waals surface area contributed by atoms with Gasteiger partial charge in [0, 0.05) is 6.07 Å². The van der Waals surface area contributed by atoms with Gasteiger partial charge in [0.2, 0.25) is 5.78 Å². The van der Waals surface area contributed by atoms with Crippen LogP contribution in [0.25, 0.3) is 6.08 Å². The van der Waals surface area contributed by atoms with Crippen LogP contribution in [0.2, 0.25) is 0 Å². The Balaban J connectivity index is 1.83. The van der Waals surface area contributed by atoms with Gasteiger partial charge in [-0.25, -0.2) is 4.79 Å². The topological polar surface area (TPSA) is 80.3 Å². The monoisotopic (exact) mass is 384 g/mol. The van der Waals surface area contributed by atoms with Crippen LogP contribution in [0.3, 0.4) is 0 Å². The Labute approximate surface area is 162 Å². The molecule has 0 amide bonds. The zero-order chi connectivity index (χ0) is 20.3. The van der Waals surface area contributed by atoms with E-state index in [1.807, 2.05) is 0 Å². The van der Waals surface area contributed by atoms with Crippen molar-refractivity contribution in [2.75, 3.05) is 21.3 Å². The number of hydrogen-bond donors (Lipinski definition) is 0. The van der Waals surface area contributed by atoms with Gasteiger partial charge in [-0.3, -0.25) is 4.79 Å². The smallest absolute Gasteiger partial charge is 0.346 e. The maximum atomic E-state index is 12.6. The lowest BCUT2D eigenvalue weighted by Gasteiger charge is -2.12. The van der Waals surface area contributed by atoms with Crippen LogP contribution in [0.4, 0.5) is 0 Å². The highest BCUT2D eigenvalue weighted by molar-refractivity contribution is 6.14. The molecular formula is C21H20O7. The lowest BCUT2D eigenvalue weighted by molar-refractivity contribution is -0.147. The maximum Gasteiger partial charge on any atom is 0.346 e. The highest BCUT2D eigenvalue weighted by Crippen LogP contribution is 2.36. The molecule has 0 saturated heterocycles. The summed E-state index contributed by atoms with van der Waals surface area (Å²) in [6.45, 7) is 1.58. The van der Waals surface area contributed by atoms with Crippen LogP contribution in [0.1, 0.15) is 22.8 Å². The lowest BCUT2D eigenvalue weighted by Crippen LogP contribution is -2.24. The van der Waals surface area contributed by atoms with Crippen molar-refractivity contribution in [2.45, 2.75) is 13.0 Å². The van der Waals surface area contributed by atoms with Gasteiger partial charge in [0.05, 0.1) is 26.9 Å². The number of carbonyl (C=O) groups excluding carboxylic acids is 2. The number of esters is 1. The Morgan fingerprint density at radius 2 is 1.79 bits per heavy atom. The van der Waals surface area contributed by atoms with Gasteiger partial charge in [0.15, 0.2) is 23.4 Å². The molecule has 28 heavy (non-hydrogen) atoms. The first-order valence-corrected chi connectivity index (χ1v) is 8.51. The first-order chi connectivity index (χ1) is 13.5. The average Bonchev–Trinajstić information content (AvgIpc) is 3.01. The van der Waals surface area contributed by atoms with Crippen LogP contribution in [-0.4, -0.2) is 39.2 Å². The van der Waals surface area contributed by atoms with E-state index >= 15 is 0 Å². The zero-order valence-electron chi connectivity index (χ0n) is 16.0. The molecule has 7 nitrogen and oxygen atoms in total. The minimum absolute atomic E-state index is 0.181. The van der Waals surface area contributed by atoms with Gasteiger partial charge in [-0.1, -0.05) is 6.07 Å². The number of benzene rings is 2. The van der Waals surface area contributed by atoms with E-state index in [2.05, 4.69) is 4.74 Å². The van der Waals surface area contributed by atoms with E-state index in [1.54, 1.807) is 63.6 Å². The molecule has 1 atom stereocenters. The molecule has 0 fully saturated rings. The predicted octanol–water partition coefficient (Wildman–Crippen LogP) is 3.26. The Bertz CT molecular complexity index is 946. The number of rotatable bonds is 6. The molecule has 0 spiro atoms. The molecule has 146 valence electrons. The summed E-state index contributed by atoms with van der Waals surface area (Å²) in [7, 11) is 4.38. The number of fused-ring (bicyclic) bond motifs is 1. The SMILES string of the molecule is COC(=O)[C@@H](C)Oc1ccc2c(c1)OC(=Cc1ccc(OC)c(OC)c1)C2=O. The molecule has 0 N–H and O–H groups in total. The maximum absolute atomic E-state index is 12.6. The van der Waals surface area contributed by atoms with Crippen LogP contribution >= 0.6 is 0 Å². The molecule has 1 aliphatic heterocycles. The standard InChI is InChI=1S/C21H20O7/c1-12(21(23)26-4)27-14-6-7-15-17(11-14)28-19(20(15)22)10-13-5-8-16(24-2)18(9-13)25-3/h5-12H,1-4H3/t12-/m1/s1. The molecule has 0 unspecified atom stereocenters. The van der Waals surface area contributed by atoms with Crippen molar-refractivity contribution in [1.82, 2.24) is 0 Å². The van der Waals surface area contributed by atoms with E-state index in [4.69, 9.17) is 18.9 Å². The van der Waals surface area contributed by atoms with Crippen molar-refractivity contribution >= 4 is 17.8 Å². The van der Waals surface area contributed by atoms with Gasteiger partial charge in [0.1, 0.15) is 11.5 Å². The molecule has 3 rings (SSSR count). The van der Waals surface area contributed by atoms with E-state index in [9.17, 15) is 9.59 Å². The van der Waals surface area contributed by atoms with Crippen molar-refractivity contribution < 1.29 is 33.3 Å². The minimum atomic E-state index is -0.776. The Kier molecular flexibility index (Phi) is 5.54. The quantitative estimate of drug-likeness (QED) is 0.559. The molecular weight excluding hydrogens is 364 g/mol. The Hall–Kier alpha value is -3.48. The van der Waals surface area contributed by atoms with Crippen molar-refractivity contribution in [3.63, 3.8) is 0 Å². The summed E-state index contributed by atoms with van der Waals surface area (Å²) < 4.78 is 26.4. The molecule has 0 saturated carbocycles. The molecule has 2 aromatic carbocycles. The normalized spacial score (nSPS) is 14.9. The summed E-state index contributed by atoms with van der Waals surface area (Å²) in [6.07, 6.45) is 0.851. The van der Waals surface area contributed by atoms with E-state index in [1.165, 1.54) is 7.11 Å². The highest BCUT2D eigenvalue weighted by atomic mass is 16.6. The van der Waals surface area contributed by atoms with Gasteiger partial charge in [-0.15, -0.1) is 0 Å². The van der Waals surface area contributed by atoms with Crippen LogP contribution < -0.4 is 18.9 Å². The second-order valence-electron chi connectivity index (χ2n) is 6.00. The number of carbonyl (C=O) groups is 2. The number of ether oxygens (including phenoxy) is 5. The molecule has 7 heteroatoms. The van der Waals surface area contributed by atoms with Crippen LogP contribution in [0, 0.1) is 0 Å². The highest BCUT2D eigenvalue weighted by Gasteiger charge is 2.28. The van der Waals surface area contributed by atoms with Crippen LogP contribution in [-0.2, 0) is 9.53 Å². The van der Waals surface area contributed by atoms with E-state index < -0.39 is 12.1 Å². The van der Waals surface area contributed by atoms with Crippen molar-refractivity contribution in [3.05, 3.63) is 53.3 Å². The Morgan fingerprint density at radius 1 is 1.04 bits per heavy atom. The third-order valence-electron chi connectivity index (χ3n) is 4.19. The number of hydrogen-bond acceptors (Lipinski definition) is 7. The molecule has 0 bridgehead atoms. The molecule has 2 aromatic rings. The second-order valence-corrected chi connectivity index (χ2v) is 6.00. The first-order valence-electron chi connectivity index (χ1n) is 8.51. The molecule has 1 aliphatic rings. The molecule has 0 aliphatic carbocycles. The third-order valence-corrected chi connectivity index (χ3v) is 4.19. The van der Waals surface area contributed by atoms with Crippen LogP contribution in [0.5, 0.6) is 23.0 Å². The van der Waals surface area contributed by atoms with Crippen molar-refractivity contribution in [3.8, 4) is 23.0 Å². The fourth-order valence-electron chi connectivity index (χ4n) is 2.75. The number of methoxy groups -OCH3 is 3. The summed E-state index contributed by atoms with van der Waals surface area (Å²) in [5.74, 6) is 1.35. The second kappa shape index (κ2) is 8.04. The summed E-state index contributed by atoms with van der Waals surface area (Å²) in [5.41, 5.74) is 1.15. The number of ketones is 1. The minimum Gasteiger partial charge on any atom is -0.493 e. The van der Waals surface area contributed by atoms with E-state index in [-0.39, 0.29) is 11.5 Å².